The Morgan fingerprint density at radius 2 is 1.64 bits per heavy atom. The molecule has 7 heteroatoms. The molecule has 0 unspecified atom stereocenters. The fourth-order valence-electron chi connectivity index (χ4n) is 2.93. The van der Waals surface area contributed by atoms with E-state index in [9.17, 15) is 18.3 Å². The minimum atomic E-state index is -3.77. The molecule has 0 aliphatic carbocycles. The Bertz CT molecular complexity index is 860. The van der Waals surface area contributed by atoms with Crippen LogP contribution in [-0.2, 0) is 10.2 Å². The maximum atomic E-state index is 12.6. The van der Waals surface area contributed by atoms with Crippen LogP contribution in [-0.4, -0.2) is 36.9 Å². The van der Waals surface area contributed by atoms with Crippen LogP contribution in [0.4, 0.5) is 5.69 Å². The minimum absolute atomic E-state index is 0.0692. The largest absolute Gasteiger partial charge is 0.478 e. The van der Waals surface area contributed by atoms with Gasteiger partial charge in [-0.3, -0.25) is 4.72 Å². The maximum Gasteiger partial charge on any atom is 0.337 e. The highest BCUT2D eigenvalue weighted by Crippen LogP contribution is 2.27. The molecule has 1 fully saturated rings. The fraction of sp³-hybridized carbons (Fsp3) is 0.278. The summed E-state index contributed by atoms with van der Waals surface area (Å²) in [7, 11) is -3.77. The van der Waals surface area contributed by atoms with Crippen LogP contribution in [0, 0.1) is 0 Å². The summed E-state index contributed by atoms with van der Waals surface area (Å²) in [6.45, 7) is 0.909. The number of nitrogens with one attached hydrogen (secondary N) is 1. The van der Waals surface area contributed by atoms with Crippen LogP contribution in [0.3, 0.4) is 0 Å². The topological polar surface area (TPSA) is 86.7 Å². The molecule has 0 radical (unpaired) electrons. The molecule has 1 saturated heterocycles. The lowest BCUT2D eigenvalue weighted by Gasteiger charge is -2.26. The molecule has 6 nitrogen and oxygen atoms in total. The Kier molecular flexibility index (Phi) is 5.06. The zero-order chi connectivity index (χ0) is 17.9. The number of aromatic carboxylic acids is 1. The summed E-state index contributed by atoms with van der Waals surface area (Å²) in [5.74, 6) is -1.17. The molecule has 0 spiro atoms. The summed E-state index contributed by atoms with van der Waals surface area (Å²) in [4.78, 5) is 11.5. The van der Waals surface area contributed by atoms with Crippen LogP contribution in [0.5, 0.6) is 0 Å². The number of hydrogen-bond donors (Lipinski definition) is 2. The third-order valence-corrected chi connectivity index (χ3v) is 5.77. The summed E-state index contributed by atoms with van der Waals surface area (Å²) in [5.41, 5.74) is 1.65. The SMILES string of the molecule is O=C(O)c1ccc(-c2ccccc2)cc1NS(=O)(=O)N1CCCCC1. The van der Waals surface area contributed by atoms with Gasteiger partial charge in [0.2, 0.25) is 0 Å². The van der Waals surface area contributed by atoms with E-state index < -0.39 is 16.2 Å². The fourth-order valence-corrected chi connectivity index (χ4v) is 4.25. The van der Waals surface area contributed by atoms with Crippen molar-refractivity contribution in [2.45, 2.75) is 19.3 Å². The van der Waals surface area contributed by atoms with Gasteiger partial charge in [-0.25, -0.2) is 4.79 Å². The lowest BCUT2D eigenvalue weighted by atomic mass is 10.0. The first-order valence-electron chi connectivity index (χ1n) is 8.18. The number of piperidine rings is 1. The number of carboxylic acid groups (broad SMARTS) is 1. The molecule has 2 N–H and O–H groups in total. The zero-order valence-electron chi connectivity index (χ0n) is 13.7. The van der Waals surface area contributed by atoms with Crippen LogP contribution >= 0.6 is 0 Å². The van der Waals surface area contributed by atoms with E-state index >= 15 is 0 Å². The molecule has 2 aromatic rings. The van der Waals surface area contributed by atoms with Crippen molar-refractivity contribution < 1.29 is 18.3 Å². The van der Waals surface area contributed by atoms with Gasteiger partial charge in [-0.1, -0.05) is 42.8 Å². The molecule has 25 heavy (non-hydrogen) atoms. The van der Waals surface area contributed by atoms with Gasteiger partial charge in [-0.15, -0.1) is 0 Å². The van der Waals surface area contributed by atoms with Gasteiger partial charge < -0.3 is 5.11 Å². The quantitative estimate of drug-likeness (QED) is 0.857. The summed E-state index contributed by atoms with van der Waals surface area (Å²) in [6, 6.07) is 14.1. The highest BCUT2D eigenvalue weighted by atomic mass is 32.2. The number of nitrogens with zero attached hydrogens (tertiary/aromatic N) is 1. The van der Waals surface area contributed by atoms with Crippen LogP contribution in [0.2, 0.25) is 0 Å². The summed E-state index contributed by atoms with van der Waals surface area (Å²) < 4.78 is 29.0. The molecule has 3 rings (SSSR count). The molecule has 0 bridgehead atoms. The molecule has 132 valence electrons. The number of hydrogen-bond acceptors (Lipinski definition) is 3. The van der Waals surface area contributed by atoms with Crippen LogP contribution in [0.15, 0.2) is 48.5 Å². The number of benzene rings is 2. The van der Waals surface area contributed by atoms with Gasteiger partial charge in [0.25, 0.3) is 0 Å². The molecule has 0 amide bonds. The van der Waals surface area contributed by atoms with Crippen molar-refractivity contribution in [3.05, 3.63) is 54.1 Å². The summed E-state index contributed by atoms with van der Waals surface area (Å²) in [6.07, 6.45) is 2.64. The normalized spacial score (nSPS) is 15.7. The van der Waals surface area contributed by atoms with Gasteiger partial charge in [0.05, 0.1) is 11.3 Å². The monoisotopic (exact) mass is 360 g/mol. The maximum absolute atomic E-state index is 12.6. The van der Waals surface area contributed by atoms with Crippen LogP contribution in [0.1, 0.15) is 29.6 Å². The van der Waals surface area contributed by atoms with Gasteiger partial charge >= 0.3 is 16.2 Å². The summed E-state index contributed by atoms with van der Waals surface area (Å²) >= 11 is 0. The molecule has 0 saturated carbocycles. The third-order valence-electron chi connectivity index (χ3n) is 4.25. The third kappa shape index (κ3) is 4.00. The van der Waals surface area contributed by atoms with Gasteiger partial charge in [0.1, 0.15) is 0 Å². The molecular formula is C18H20N2O4S. The van der Waals surface area contributed by atoms with E-state index in [1.165, 1.54) is 10.4 Å². The van der Waals surface area contributed by atoms with Gasteiger partial charge in [-0.05, 0) is 36.1 Å². The van der Waals surface area contributed by atoms with E-state index in [2.05, 4.69) is 4.72 Å². The van der Waals surface area contributed by atoms with E-state index in [0.29, 0.717) is 13.1 Å². The van der Waals surface area contributed by atoms with Crippen LogP contribution in [0.25, 0.3) is 11.1 Å². The molecule has 0 atom stereocenters. The molecule has 1 heterocycles. The smallest absolute Gasteiger partial charge is 0.337 e. The molecule has 2 aromatic carbocycles. The number of anilines is 1. The highest BCUT2D eigenvalue weighted by Gasteiger charge is 2.25. The molecule has 0 aromatic heterocycles. The van der Waals surface area contributed by atoms with E-state index in [1.807, 2.05) is 30.3 Å². The highest BCUT2D eigenvalue weighted by molar-refractivity contribution is 7.90. The predicted molar refractivity (Wildman–Crippen MR) is 96.8 cm³/mol. The van der Waals surface area contributed by atoms with Crippen molar-refractivity contribution in [2.75, 3.05) is 17.8 Å². The van der Waals surface area contributed by atoms with Gasteiger partial charge in [0.15, 0.2) is 0 Å². The Hall–Kier alpha value is -2.38. The molecule has 1 aliphatic rings. The predicted octanol–water partition coefficient (Wildman–Crippen LogP) is 3.19. The lowest BCUT2D eigenvalue weighted by Crippen LogP contribution is -2.39. The van der Waals surface area contributed by atoms with Crippen molar-refractivity contribution in [1.82, 2.24) is 4.31 Å². The van der Waals surface area contributed by atoms with E-state index in [-0.39, 0.29) is 11.3 Å². The van der Waals surface area contributed by atoms with Crippen LogP contribution < -0.4 is 4.72 Å². The lowest BCUT2D eigenvalue weighted by molar-refractivity contribution is 0.0698. The van der Waals surface area contributed by atoms with Crippen molar-refractivity contribution in [3.8, 4) is 11.1 Å². The first-order chi connectivity index (χ1) is 12.0. The Labute approximate surface area is 147 Å². The van der Waals surface area contributed by atoms with Crippen molar-refractivity contribution >= 4 is 21.9 Å². The summed E-state index contributed by atoms with van der Waals surface area (Å²) in [5, 5.41) is 9.39. The molecule has 1 aliphatic heterocycles. The Morgan fingerprint density at radius 1 is 0.960 bits per heavy atom. The second-order valence-electron chi connectivity index (χ2n) is 6.00. The minimum Gasteiger partial charge on any atom is -0.478 e. The molecular weight excluding hydrogens is 340 g/mol. The number of rotatable bonds is 5. The zero-order valence-corrected chi connectivity index (χ0v) is 14.5. The van der Waals surface area contributed by atoms with Gasteiger partial charge in [0, 0.05) is 13.1 Å². The Balaban J connectivity index is 1.96. The first-order valence-corrected chi connectivity index (χ1v) is 9.62. The van der Waals surface area contributed by atoms with Crippen molar-refractivity contribution in [3.63, 3.8) is 0 Å². The van der Waals surface area contributed by atoms with E-state index in [4.69, 9.17) is 0 Å². The second-order valence-corrected chi connectivity index (χ2v) is 7.67. The van der Waals surface area contributed by atoms with Crippen molar-refractivity contribution in [1.29, 1.82) is 0 Å². The number of carbonyl (C=O) groups is 1. The van der Waals surface area contributed by atoms with Gasteiger partial charge in [-0.2, -0.15) is 12.7 Å². The second kappa shape index (κ2) is 7.25. The standard InChI is InChI=1S/C18H20N2O4S/c21-18(22)16-10-9-15(14-7-3-1-4-8-14)13-17(16)19-25(23,24)20-11-5-2-6-12-20/h1,3-4,7-10,13,19H,2,5-6,11-12H2,(H,21,22). The number of carboxylic acids is 1. The first kappa shape index (κ1) is 17.4. The average Bonchev–Trinajstić information content (AvgIpc) is 2.62. The Morgan fingerprint density at radius 3 is 2.28 bits per heavy atom. The van der Waals surface area contributed by atoms with Crippen molar-refractivity contribution in [2.24, 2.45) is 0 Å². The average molecular weight is 360 g/mol. The van der Waals surface area contributed by atoms with E-state index in [1.54, 1.807) is 12.1 Å². The van der Waals surface area contributed by atoms with E-state index in [0.717, 1.165) is 30.4 Å².